The molecule has 6 heteroatoms. The van der Waals surface area contributed by atoms with E-state index in [2.05, 4.69) is 4.98 Å². The minimum absolute atomic E-state index is 0.0698. The van der Waals surface area contributed by atoms with Crippen LogP contribution in [0.5, 0.6) is 0 Å². The third-order valence-electron chi connectivity index (χ3n) is 2.42. The minimum Gasteiger partial charge on any atom is -0.370 e. The minimum atomic E-state index is 0.0698. The van der Waals surface area contributed by atoms with Crippen LogP contribution in [0.2, 0.25) is 0 Å². The van der Waals surface area contributed by atoms with Crippen LogP contribution >= 0.6 is 22.9 Å². The number of ether oxygens (including phenoxy) is 1. The zero-order chi connectivity index (χ0) is 11.4. The Morgan fingerprint density at radius 3 is 3.19 bits per heavy atom. The summed E-state index contributed by atoms with van der Waals surface area (Å²) in [4.78, 5) is 17.6. The second-order valence-corrected chi connectivity index (χ2v) is 4.76. The van der Waals surface area contributed by atoms with Gasteiger partial charge in [-0.2, -0.15) is 0 Å². The van der Waals surface area contributed by atoms with Crippen LogP contribution in [0, 0.1) is 0 Å². The van der Waals surface area contributed by atoms with Gasteiger partial charge in [0.2, 0.25) is 5.91 Å². The first-order valence-electron chi connectivity index (χ1n) is 5.14. The van der Waals surface area contributed by atoms with Crippen molar-refractivity contribution in [3.05, 3.63) is 16.1 Å². The van der Waals surface area contributed by atoms with Gasteiger partial charge in [0.25, 0.3) is 0 Å². The standard InChI is InChI=1S/C10H13ClN2O2S/c11-5-8-7-16-9(12-8)1-2-13-3-4-15-6-10(13)14/h7H,1-6H2. The SMILES string of the molecule is O=C1COCCN1CCc1nc(CCl)cs1. The fraction of sp³-hybridized carbons (Fsp3) is 0.600. The largest absolute Gasteiger partial charge is 0.370 e. The van der Waals surface area contributed by atoms with E-state index in [9.17, 15) is 4.79 Å². The van der Waals surface area contributed by atoms with Gasteiger partial charge in [-0.25, -0.2) is 4.98 Å². The molecule has 0 unspecified atom stereocenters. The van der Waals surface area contributed by atoms with Gasteiger partial charge in [-0.05, 0) is 0 Å². The molecule has 4 nitrogen and oxygen atoms in total. The molecular weight excluding hydrogens is 248 g/mol. The molecule has 1 fully saturated rings. The fourth-order valence-corrected chi connectivity index (χ4v) is 2.56. The van der Waals surface area contributed by atoms with E-state index < -0.39 is 0 Å². The van der Waals surface area contributed by atoms with E-state index in [1.54, 1.807) is 11.3 Å². The maximum absolute atomic E-state index is 11.4. The van der Waals surface area contributed by atoms with Crippen molar-refractivity contribution in [2.24, 2.45) is 0 Å². The molecule has 1 aliphatic rings. The van der Waals surface area contributed by atoms with Gasteiger partial charge in [0.05, 0.1) is 23.2 Å². The van der Waals surface area contributed by atoms with Gasteiger partial charge in [0.1, 0.15) is 6.61 Å². The van der Waals surface area contributed by atoms with E-state index in [0.29, 0.717) is 19.0 Å². The van der Waals surface area contributed by atoms with Crippen molar-refractivity contribution >= 4 is 28.8 Å². The lowest BCUT2D eigenvalue weighted by Gasteiger charge is -2.26. The number of hydrogen-bond donors (Lipinski definition) is 0. The summed E-state index contributed by atoms with van der Waals surface area (Å²) in [5.41, 5.74) is 0.912. The molecule has 0 saturated carbocycles. The molecule has 0 atom stereocenters. The Hall–Kier alpha value is -0.650. The van der Waals surface area contributed by atoms with E-state index in [1.807, 2.05) is 10.3 Å². The second-order valence-electron chi connectivity index (χ2n) is 3.55. The summed E-state index contributed by atoms with van der Waals surface area (Å²) < 4.78 is 5.06. The zero-order valence-electron chi connectivity index (χ0n) is 8.82. The van der Waals surface area contributed by atoms with E-state index >= 15 is 0 Å². The highest BCUT2D eigenvalue weighted by Gasteiger charge is 2.18. The molecule has 1 aromatic rings. The van der Waals surface area contributed by atoms with Crippen molar-refractivity contribution in [1.29, 1.82) is 0 Å². The lowest BCUT2D eigenvalue weighted by atomic mass is 10.3. The topological polar surface area (TPSA) is 42.4 Å². The average molecular weight is 261 g/mol. The van der Waals surface area contributed by atoms with Crippen LogP contribution in [0.4, 0.5) is 0 Å². The number of hydrogen-bond acceptors (Lipinski definition) is 4. The predicted molar refractivity (Wildman–Crippen MR) is 62.8 cm³/mol. The van der Waals surface area contributed by atoms with Gasteiger partial charge in [0.15, 0.2) is 0 Å². The molecule has 0 spiro atoms. The number of alkyl halides is 1. The normalized spacial score (nSPS) is 16.8. The smallest absolute Gasteiger partial charge is 0.248 e. The molecule has 0 aliphatic carbocycles. The Balaban J connectivity index is 1.84. The number of aromatic nitrogens is 1. The van der Waals surface area contributed by atoms with Gasteiger partial charge in [-0.3, -0.25) is 4.79 Å². The maximum Gasteiger partial charge on any atom is 0.248 e. The van der Waals surface area contributed by atoms with Gasteiger partial charge in [0, 0.05) is 24.9 Å². The number of carbonyl (C=O) groups is 1. The molecule has 1 aliphatic heterocycles. The van der Waals surface area contributed by atoms with Crippen molar-refractivity contribution in [2.45, 2.75) is 12.3 Å². The van der Waals surface area contributed by atoms with E-state index in [4.69, 9.17) is 16.3 Å². The summed E-state index contributed by atoms with van der Waals surface area (Å²) in [6.45, 7) is 2.26. The molecule has 1 amide bonds. The average Bonchev–Trinajstić information content (AvgIpc) is 2.76. The van der Waals surface area contributed by atoms with E-state index in [-0.39, 0.29) is 12.5 Å². The predicted octanol–water partition coefficient (Wildman–Crippen LogP) is 1.28. The molecule has 0 radical (unpaired) electrons. The number of amides is 1. The summed E-state index contributed by atoms with van der Waals surface area (Å²) in [6.07, 6.45) is 0.799. The van der Waals surface area contributed by atoms with E-state index in [0.717, 1.165) is 23.7 Å². The maximum atomic E-state index is 11.4. The molecular formula is C10H13ClN2O2S. The van der Waals surface area contributed by atoms with Crippen molar-refractivity contribution in [1.82, 2.24) is 9.88 Å². The number of nitrogens with zero attached hydrogens (tertiary/aromatic N) is 2. The highest BCUT2D eigenvalue weighted by molar-refractivity contribution is 7.09. The molecule has 16 heavy (non-hydrogen) atoms. The number of carbonyl (C=O) groups excluding carboxylic acids is 1. The Kier molecular flexibility index (Phi) is 4.15. The quantitative estimate of drug-likeness (QED) is 0.766. The first-order valence-corrected chi connectivity index (χ1v) is 6.56. The van der Waals surface area contributed by atoms with Crippen molar-refractivity contribution in [2.75, 3.05) is 26.3 Å². The molecule has 2 rings (SSSR count). The van der Waals surface area contributed by atoms with Gasteiger partial charge in [-0.15, -0.1) is 22.9 Å². The van der Waals surface area contributed by atoms with Crippen LogP contribution in [0.1, 0.15) is 10.7 Å². The van der Waals surface area contributed by atoms with Gasteiger partial charge < -0.3 is 9.64 Å². The van der Waals surface area contributed by atoms with Crippen LogP contribution in [0.25, 0.3) is 0 Å². The Labute approximate surface area is 103 Å². The molecule has 2 heterocycles. The van der Waals surface area contributed by atoms with Crippen LogP contribution in [-0.4, -0.2) is 42.1 Å². The molecule has 1 saturated heterocycles. The Bertz CT molecular complexity index is 369. The lowest BCUT2D eigenvalue weighted by molar-refractivity contribution is -0.142. The second kappa shape index (κ2) is 5.61. The molecule has 0 N–H and O–H groups in total. The molecule has 88 valence electrons. The first kappa shape index (κ1) is 11.8. The third-order valence-corrected chi connectivity index (χ3v) is 3.65. The van der Waals surface area contributed by atoms with Gasteiger partial charge in [-0.1, -0.05) is 0 Å². The lowest BCUT2D eigenvalue weighted by Crippen LogP contribution is -2.42. The molecule has 1 aromatic heterocycles. The number of halogens is 1. The summed E-state index contributed by atoms with van der Waals surface area (Å²) in [5, 5.41) is 3.00. The van der Waals surface area contributed by atoms with Crippen LogP contribution in [0.15, 0.2) is 5.38 Å². The summed E-state index contributed by atoms with van der Waals surface area (Å²) in [5.74, 6) is 0.521. The zero-order valence-corrected chi connectivity index (χ0v) is 10.4. The van der Waals surface area contributed by atoms with Crippen LogP contribution < -0.4 is 0 Å². The van der Waals surface area contributed by atoms with Crippen molar-refractivity contribution in [3.8, 4) is 0 Å². The van der Waals surface area contributed by atoms with E-state index in [1.165, 1.54) is 0 Å². The van der Waals surface area contributed by atoms with Crippen LogP contribution in [0.3, 0.4) is 0 Å². The van der Waals surface area contributed by atoms with Crippen molar-refractivity contribution < 1.29 is 9.53 Å². The fourth-order valence-electron chi connectivity index (χ4n) is 1.54. The summed E-state index contributed by atoms with van der Waals surface area (Å²) in [6, 6.07) is 0. The van der Waals surface area contributed by atoms with Gasteiger partial charge >= 0.3 is 0 Å². The Morgan fingerprint density at radius 1 is 1.62 bits per heavy atom. The number of rotatable bonds is 4. The first-order chi connectivity index (χ1) is 7.79. The summed E-state index contributed by atoms with van der Waals surface area (Å²) in [7, 11) is 0. The molecule has 0 aromatic carbocycles. The highest BCUT2D eigenvalue weighted by atomic mass is 35.5. The number of thiazole rings is 1. The molecule has 0 bridgehead atoms. The monoisotopic (exact) mass is 260 g/mol. The van der Waals surface area contributed by atoms with Crippen LogP contribution in [-0.2, 0) is 21.8 Å². The van der Waals surface area contributed by atoms with Crippen molar-refractivity contribution in [3.63, 3.8) is 0 Å². The Morgan fingerprint density at radius 2 is 2.50 bits per heavy atom. The third kappa shape index (κ3) is 2.93. The highest BCUT2D eigenvalue weighted by Crippen LogP contribution is 2.13. The summed E-state index contributed by atoms with van der Waals surface area (Å²) >= 11 is 7.27. The number of morpholine rings is 1.